The van der Waals surface area contributed by atoms with Crippen LogP contribution in [-0.4, -0.2) is 34.6 Å². The van der Waals surface area contributed by atoms with Crippen LogP contribution in [0, 0.1) is 0 Å². The van der Waals surface area contributed by atoms with Gasteiger partial charge in [-0.25, -0.2) is 0 Å². The summed E-state index contributed by atoms with van der Waals surface area (Å²) in [5.41, 5.74) is 0.206. The van der Waals surface area contributed by atoms with Gasteiger partial charge in [-0.05, 0) is 0 Å². The van der Waals surface area contributed by atoms with Gasteiger partial charge in [0.2, 0.25) is 0 Å². The molecular formula is C23H50Ge2O. The molecule has 2 radical (unpaired) electrons. The summed E-state index contributed by atoms with van der Waals surface area (Å²) in [5.74, 6) is 0. The summed E-state index contributed by atoms with van der Waals surface area (Å²) in [6, 6.07) is 0. The molecule has 0 saturated heterocycles. The van der Waals surface area contributed by atoms with E-state index in [0.29, 0.717) is 0 Å². The second kappa shape index (κ2) is 15.9. The van der Waals surface area contributed by atoms with E-state index in [4.69, 9.17) is 3.76 Å². The van der Waals surface area contributed by atoms with Crippen LogP contribution >= 0.6 is 0 Å². The molecule has 0 aromatic heterocycles. The van der Waals surface area contributed by atoms with Crippen molar-refractivity contribution in [1.82, 2.24) is 0 Å². The predicted molar refractivity (Wildman–Crippen MR) is 124 cm³/mol. The van der Waals surface area contributed by atoms with Crippen LogP contribution in [0.1, 0.15) is 113 Å². The Morgan fingerprint density at radius 3 is 1.50 bits per heavy atom. The fraction of sp³-hybridized carbons (Fsp3) is 1.00. The number of unbranched alkanes of at least 4 members (excludes halogenated alkanes) is 4. The molecule has 0 aliphatic carbocycles. The van der Waals surface area contributed by atoms with E-state index in [1.807, 2.05) is 0 Å². The van der Waals surface area contributed by atoms with E-state index in [-0.39, 0.29) is 5.60 Å². The van der Waals surface area contributed by atoms with Crippen molar-refractivity contribution in [3.05, 3.63) is 0 Å². The molecule has 0 heterocycles. The monoisotopic (exact) mass is 490 g/mol. The zero-order chi connectivity index (χ0) is 20.0. The predicted octanol–water partition coefficient (Wildman–Crippen LogP) is 8.64. The summed E-state index contributed by atoms with van der Waals surface area (Å²) in [7, 11) is 0. The van der Waals surface area contributed by atoms with E-state index in [2.05, 4.69) is 55.4 Å². The van der Waals surface area contributed by atoms with Crippen LogP contribution in [0.15, 0.2) is 0 Å². The van der Waals surface area contributed by atoms with Crippen LogP contribution in [0.4, 0.5) is 0 Å². The minimum absolute atomic E-state index is 0.206. The van der Waals surface area contributed by atoms with E-state index in [1.54, 1.807) is 15.8 Å². The SMILES string of the molecule is CCCC[CH2][Ge]([CH2]CCCC)[CH2]CC(CC)(CC)[O][Ge]([CH](C)C)[CH](C)C. The van der Waals surface area contributed by atoms with Crippen molar-refractivity contribution in [2.24, 2.45) is 0 Å². The first-order valence-electron chi connectivity index (χ1n) is 11.7. The maximum atomic E-state index is 7.05. The third kappa shape index (κ3) is 11.1. The molecule has 0 rings (SSSR count). The second-order valence-corrected chi connectivity index (χ2v) is 22.1. The molecule has 0 bridgehead atoms. The van der Waals surface area contributed by atoms with Crippen LogP contribution in [0.25, 0.3) is 0 Å². The van der Waals surface area contributed by atoms with Crippen molar-refractivity contribution in [3.8, 4) is 0 Å². The van der Waals surface area contributed by atoms with Gasteiger partial charge in [-0.15, -0.1) is 0 Å². The molecule has 0 aromatic rings. The van der Waals surface area contributed by atoms with Gasteiger partial charge in [0.05, 0.1) is 0 Å². The molecule has 0 aliphatic heterocycles. The van der Waals surface area contributed by atoms with Crippen molar-refractivity contribution < 1.29 is 3.76 Å². The number of rotatable bonds is 17. The zero-order valence-electron chi connectivity index (χ0n) is 19.5. The van der Waals surface area contributed by atoms with Gasteiger partial charge in [-0.3, -0.25) is 0 Å². The Bertz CT molecular complexity index is 295. The first-order chi connectivity index (χ1) is 12.4. The van der Waals surface area contributed by atoms with Crippen LogP contribution < -0.4 is 0 Å². The molecule has 0 N–H and O–H groups in total. The molecule has 26 heavy (non-hydrogen) atoms. The number of hydrogen-bond donors (Lipinski definition) is 0. The van der Waals surface area contributed by atoms with Crippen LogP contribution in [-0.2, 0) is 3.76 Å². The summed E-state index contributed by atoms with van der Waals surface area (Å²) >= 11 is -2.33. The van der Waals surface area contributed by atoms with E-state index in [9.17, 15) is 0 Å². The number of hydrogen-bond acceptors (Lipinski definition) is 1. The molecule has 156 valence electrons. The summed E-state index contributed by atoms with van der Waals surface area (Å²) in [4.78, 5) is 0. The van der Waals surface area contributed by atoms with Crippen LogP contribution in [0.3, 0.4) is 0 Å². The Morgan fingerprint density at radius 1 is 0.692 bits per heavy atom. The molecule has 0 aromatic carbocycles. The van der Waals surface area contributed by atoms with Crippen molar-refractivity contribution >= 4 is 29.0 Å². The topological polar surface area (TPSA) is 9.23 Å². The Balaban J connectivity index is 4.87. The molecule has 0 spiro atoms. The zero-order valence-corrected chi connectivity index (χ0v) is 23.7. The van der Waals surface area contributed by atoms with Crippen molar-refractivity contribution in [1.29, 1.82) is 0 Å². The van der Waals surface area contributed by atoms with Crippen LogP contribution in [0.2, 0.25) is 25.3 Å². The first-order valence-corrected chi connectivity index (χ1v) is 19.5. The van der Waals surface area contributed by atoms with Crippen molar-refractivity contribution in [2.45, 2.75) is 144 Å². The van der Waals surface area contributed by atoms with Gasteiger partial charge >= 0.3 is 177 Å². The Labute approximate surface area is 176 Å². The Kier molecular flexibility index (Phi) is 16.5. The molecule has 0 amide bonds. The quantitative estimate of drug-likeness (QED) is 0.147. The van der Waals surface area contributed by atoms with Gasteiger partial charge in [0, 0.05) is 0 Å². The maximum absolute atomic E-state index is 7.05. The molecular weight excluding hydrogens is 437 g/mol. The normalized spacial score (nSPS) is 12.9. The second-order valence-electron chi connectivity index (χ2n) is 8.87. The van der Waals surface area contributed by atoms with Crippen molar-refractivity contribution in [3.63, 3.8) is 0 Å². The molecule has 0 atom stereocenters. The third-order valence-electron chi connectivity index (χ3n) is 5.96. The van der Waals surface area contributed by atoms with Gasteiger partial charge in [0.15, 0.2) is 0 Å². The fourth-order valence-corrected chi connectivity index (χ4v) is 16.1. The fourth-order valence-electron chi connectivity index (χ4n) is 3.98. The van der Waals surface area contributed by atoms with Crippen molar-refractivity contribution in [2.75, 3.05) is 0 Å². The minimum atomic E-state index is -1.45. The summed E-state index contributed by atoms with van der Waals surface area (Å²) in [5, 5.41) is 4.77. The van der Waals surface area contributed by atoms with E-state index in [1.165, 1.54) is 57.8 Å². The van der Waals surface area contributed by atoms with Gasteiger partial charge in [-0.2, -0.15) is 0 Å². The Hall–Kier alpha value is 1.05. The van der Waals surface area contributed by atoms with Gasteiger partial charge < -0.3 is 0 Å². The van der Waals surface area contributed by atoms with Gasteiger partial charge in [0.25, 0.3) is 0 Å². The van der Waals surface area contributed by atoms with E-state index < -0.39 is 29.0 Å². The summed E-state index contributed by atoms with van der Waals surface area (Å²) in [6.07, 6.45) is 12.4. The molecule has 0 aliphatic rings. The summed E-state index contributed by atoms with van der Waals surface area (Å²) < 4.78 is 8.60. The average Bonchev–Trinajstić information content (AvgIpc) is 2.61. The van der Waals surface area contributed by atoms with Gasteiger partial charge in [-0.1, -0.05) is 0 Å². The van der Waals surface area contributed by atoms with E-state index in [0.717, 1.165) is 9.50 Å². The summed E-state index contributed by atoms with van der Waals surface area (Å²) in [6.45, 7) is 19.1. The molecule has 0 unspecified atom stereocenters. The third-order valence-corrected chi connectivity index (χ3v) is 18.6. The Morgan fingerprint density at radius 2 is 1.15 bits per heavy atom. The van der Waals surface area contributed by atoms with Crippen LogP contribution in [0.5, 0.6) is 0 Å². The van der Waals surface area contributed by atoms with E-state index >= 15 is 0 Å². The van der Waals surface area contributed by atoms with Gasteiger partial charge in [0.1, 0.15) is 0 Å². The molecule has 0 fully saturated rings. The average molecular weight is 488 g/mol. The molecule has 1 nitrogen and oxygen atoms in total. The molecule has 3 heteroatoms. The standard InChI is InChI=1S/C23H50Ge2O/c1-9-13-15-18-24(19-16-14-10-2)20-17-23(11-3,12-4)26-25(21(5)6)22(7)8/h21-22H,9-20H2,1-8H3. The molecule has 0 saturated carbocycles. The first kappa shape index (κ1) is 27.0.